The summed E-state index contributed by atoms with van der Waals surface area (Å²) in [5.74, 6) is -0.526. The number of quaternary nitrogens is 1. The Labute approximate surface area is 401 Å². The highest BCUT2D eigenvalue weighted by atomic mass is 31.2. The topological polar surface area (TPSA) is 111 Å². The number of carbonyl (C=O) groups excluding carboxylic acids is 2. The first-order valence-electron chi connectivity index (χ1n) is 27.0. The summed E-state index contributed by atoms with van der Waals surface area (Å²) in [7, 11) is 1.48. The Kier molecular flexibility index (Phi) is 44.3. The van der Waals surface area contributed by atoms with E-state index in [-0.39, 0.29) is 31.5 Å². The van der Waals surface area contributed by atoms with Crippen LogP contribution in [0.1, 0.15) is 239 Å². The zero-order valence-electron chi connectivity index (χ0n) is 43.2. The number of phosphoric acid groups is 1. The SMILES string of the molecule is CC/C=C/C=C/C=C\CCCCCCCC(=O)NC(COP(=O)(O)OCC[N+](C)(C)C)C(/C=C/CCCCCCCCCCC)OC(=O)CCCCCCCCCCCCCCCCC. The third-order valence-corrected chi connectivity index (χ3v) is 12.8. The van der Waals surface area contributed by atoms with Crippen LogP contribution in [-0.2, 0) is 27.9 Å². The van der Waals surface area contributed by atoms with E-state index in [1.807, 2.05) is 33.3 Å². The fourth-order valence-electron chi connectivity index (χ4n) is 7.65. The molecule has 10 heteroatoms. The molecule has 3 unspecified atom stereocenters. The molecule has 0 saturated carbocycles. The fourth-order valence-corrected chi connectivity index (χ4v) is 8.38. The van der Waals surface area contributed by atoms with Crippen molar-refractivity contribution in [2.24, 2.45) is 0 Å². The van der Waals surface area contributed by atoms with Crippen molar-refractivity contribution in [3.63, 3.8) is 0 Å². The summed E-state index contributed by atoms with van der Waals surface area (Å²) in [4.78, 5) is 37.4. The van der Waals surface area contributed by atoms with E-state index in [1.165, 1.54) is 122 Å². The van der Waals surface area contributed by atoms with E-state index >= 15 is 0 Å². The van der Waals surface area contributed by atoms with Gasteiger partial charge >= 0.3 is 13.8 Å². The Hall–Kier alpha value is -2.03. The van der Waals surface area contributed by atoms with Gasteiger partial charge in [0.15, 0.2) is 0 Å². The lowest BCUT2D eigenvalue weighted by molar-refractivity contribution is -0.870. The molecule has 2 N–H and O–H groups in total. The van der Waals surface area contributed by atoms with Crippen molar-refractivity contribution in [2.45, 2.75) is 251 Å². The molecule has 1 amide bonds. The third-order valence-electron chi connectivity index (χ3n) is 11.8. The largest absolute Gasteiger partial charge is 0.472 e. The third kappa shape index (κ3) is 46.9. The maximum Gasteiger partial charge on any atom is 0.472 e. The molecule has 0 rings (SSSR count). The molecule has 0 aromatic heterocycles. The number of phosphoric ester groups is 1. The first-order valence-corrected chi connectivity index (χ1v) is 28.5. The molecule has 0 radical (unpaired) electrons. The molecule has 0 aliphatic carbocycles. The van der Waals surface area contributed by atoms with Crippen LogP contribution in [0.15, 0.2) is 48.6 Å². The summed E-state index contributed by atoms with van der Waals surface area (Å²) >= 11 is 0. The molecular weight excluding hydrogens is 832 g/mol. The van der Waals surface area contributed by atoms with Crippen LogP contribution in [0, 0.1) is 0 Å². The van der Waals surface area contributed by atoms with Crippen LogP contribution in [0.2, 0.25) is 0 Å². The number of nitrogens with one attached hydrogen (secondary N) is 1. The standard InChI is InChI=1S/C55H103N2O7P/c1-7-10-13-16-19-22-25-27-28-30-33-36-39-42-45-48-55(59)64-53(46-43-40-37-34-31-24-21-18-15-12-9-3)52(51-63-65(60,61)62-50-49-57(4,5)6)56-54(58)47-44-41-38-35-32-29-26-23-20-17-14-11-8-2/h11,14,17,20,23,26,43,46,52-53H,7-10,12-13,15-16,18-19,21-22,24-25,27-42,44-45,47-51H2,1-6H3,(H-,56,58,60,61)/p+1/b14-11+,20-17+,26-23-,46-43+. The van der Waals surface area contributed by atoms with Gasteiger partial charge in [0.1, 0.15) is 19.3 Å². The number of likely N-dealkylation sites (N-methyl/N-ethyl adjacent to an activating group) is 1. The number of nitrogens with zero attached hydrogens (tertiary/aromatic N) is 1. The zero-order chi connectivity index (χ0) is 48.0. The highest BCUT2D eigenvalue weighted by Gasteiger charge is 2.30. The van der Waals surface area contributed by atoms with Gasteiger partial charge in [-0.1, -0.05) is 224 Å². The van der Waals surface area contributed by atoms with Gasteiger partial charge < -0.3 is 19.4 Å². The summed E-state index contributed by atoms with van der Waals surface area (Å²) in [6.45, 7) is 6.85. The van der Waals surface area contributed by atoms with Gasteiger partial charge in [0, 0.05) is 12.8 Å². The van der Waals surface area contributed by atoms with Gasteiger partial charge in [0.05, 0.1) is 33.8 Å². The summed E-state index contributed by atoms with van der Waals surface area (Å²) in [6.07, 6.45) is 53.9. The van der Waals surface area contributed by atoms with E-state index < -0.39 is 20.0 Å². The number of esters is 1. The minimum Gasteiger partial charge on any atom is -0.456 e. The fraction of sp³-hybridized carbons (Fsp3) is 0.818. The lowest BCUT2D eigenvalue weighted by Gasteiger charge is -2.27. The summed E-state index contributed by atoms with van der Waals surface area (Å²) < 4.78 is 30.5. The molecule has 0 aliphatic rings. The number of allylic oxidation sites excluding steroid dienone is 7. The van der Waals surface area contributed by atoms with Crippen molar-refractivity contribution in [2.75, 3.05) is 40.9 Å². The van der Waals surface area contributed by atoms with Gasteiger partial charge in [0.2, 0.25) is 5.91 Å². The Morgan fingerprint density at radius 3 is 1.46 bits per heavy atom. The second-order valence-electron chi connectivity index (χ2n) is 19.4. The lowest BCUT2D eigenvalue weighted by Crippen LogP contribution is -2.47. The number of unbranched alkanes of at least 4 members (excludes halogenated alkanes) is 28. The normalized spacial score (nSPS) is 14.3. The minimum absolute atomic E-state index is 0.0363. The molecule has 65 heavy (non-hydrogen) atoms. The van der Waals surface area contributed by atoms with E-state index in [2.05, 4.69) is 62.5 Å². The van der Waals surface area contributed by atoms with Crippen molar-refractivity contribution < 1.29 is 37.3 Å². The Balaban J connectivity index is 5.39. The average Bonchev–Trinajstić information content (AvgIpc) is 3.26. The minimum atomic E-state index is -4.44. The van der Waals surface area contributed by atoms with Crippen molar-refractivity contribution in [3.05, 3.63) is 48.6 Å². The highest BCUT2D eigenvalue weighted by Crippen LogP contribution is 2.43. The Bertz CT molecular complexity index is 1260. The molecule has 0 aliphatic heterocycles. The van der Waals surface area contributed by atoms with Crippen molar-refractivity contribution in [1.29, 1.82) is 0 Å². The first-order chi connectivity index (χ1) is 31.4. The van der Waals surface area contributed by atoms with Crippen LogP contribution in [0.4, 0.5) is 0 Å². The molecule has 380 valence electrons. The second kappa shape index (κ2) is 45.7. The molecule has 0 fully saturated rings. The van der Waals surface area contributed by atoms with E-state index in [9.17, 15) is 19.0 Å². The number of hydrogen-bond acceptors (Lipinski definition) is 6. The van der Waals surface area contributed by atoms with Crippen LogP contribution in [-0.4, -0.2) is 74.3 Å². The molecule has 0 aromatic carbocycles. The quantitative estimate of drug-likeness (QED) is 0.0156. The van der Waals surface area contributed by atoms with E-state index in [0.29, 0.717) is 17.4 Å². The van der Waals surface area contributed by atoms with Crippen LogP contribution in [0.3, 0.4) is 0 Å². The average molecular weight is 936 g/mol. The van der Waals surface area contributed by atoms with Crippen molar-refractivity contribution >= 4 is 19.7 Å². The maximum atomic E-state index is 13.4. The smallest absolute Gasteiger partial charge is 0.456 e. The molecule has 0 heterocycles. The second-order valence-corrected chi connectivity index (χ2v) is 20.9. The van der Waals surface area contributed by atoms with Gasteiger partial charge in [0.25, 0.3) is 0 Å². The predicted molar refractivity (Wildman–Crippen MR) is 277 cm³/mol. The van der Waals surface area contributed by atoms with Gasteiger partial charge in [-0.2, -0.15) is 0 Å². The van der Waals surface area contributed by atoms with Gasteiger partial charge in [-0.3, -0.25) is 18.6 Å². The predicted octanol–water partition coefficient (Wildman–Crippen LogP) is 15.8. The molecular formula is C55H104N2O7P+. The summed E-state index contributed by atoms with van der Waals surface area (Å²) in [5, 5.41) is 3.03. The summed E-state index contributed by atoms with van der Waals surface area (Å²) in [5.41, 5.74) is 0. The molecule has 9 nitrogen and oxygen atoms in total. The Morgan fingerprint density at radius 1 is 0.554 bits per heavy atom. The number of rotatable bonds is 48. The van der Waals surface area contributed by atoms with Crippen LogP contribution in [0.25, 0.3) is 0 Å². The number of ether oxygens (including phenoxy) is 1. The van der Waals surface area contributed by atoms with Crippen LogP contribution in [0.5, 0.6) is 0 Å². The lowest BCUT2D eigenvalue weighted by atomic mass is 10.0. The molecule has 3 atom stereocenters. The number of hydrogen-bond donors (Lipinski definition) is 2. The first kappa shape index (κ1) is 63.0. The van der Waals surface area contributed by atoms with Gasteiger partial charge in [-0.05, 0) is 51.0 Å². The number of carbonyl (C=O) groups is 2. The van der Waals surface area contributed by atoms with Gasteiger partial charge in [-0.15, -0.1) is 0 Å². The number of amides is 1. The summed E-state index contributed by atoms with van der Waals surface area (Å²) in [6, 6.07) is -0.854. The Morgan fingerprint density at radius 2 is 0.985 bits per heavy atom. The highest BCUT2D eigenvalue weighted by molar-refractivity contribution is 7.47. The molecule has 0 spiro atoms. The van der Waals surface area contributed by atoms with Gasteiger partial charge in [-0.25, -0.2) is 4.57 Å². The van der Waals surface area contributed by atoms with Crippen molar-refractivity contribution in [1.82, 2.24) is 5.32 Å². The van der Waals surface area contributed by atoms with E-state index in [4.69, 9.17) is 13.8 Å². The molecule has 0 bridgehead atoms. The van der Waals surface area contributed by atoms with Crippen LogP contribution >= 0.6 is 7.82 Å². The molecule has 0 aromatic rings. The molecule has 0 saturated heterocycles. The monoisotopic (exact) mass is 936 g/mol. The maximum absolute atomic E-state index is 13.4. The van der Waals surface area contributed by atoms with Crippen molar-refractivity contribution in [3.8, 4) is 0 Å². The van der Waals surface area contributed by atoms with E-state index in [1.54, 1.807) is 0 Å². The van der Waals surface area contributed by atoms with Crippen LogP contribution < -0.4 is 5.32 Å². The van der Waals surface area contributed by atoms with E-state index in [0.717, 1.165) is 83.5 Å². The zero-order valence-corrected chi connectivity index (χ0v) is 44.1.